The minimum Gasteiger partial charge on any atom is -0.459 e. The van der Waals surface area contributed by atoms with Gasteiger partial charge in [0.25, 0.3) is 0 Å². The molecule has 1 atom stereocenters. The molecule has 1 aromatic carbocycles. The standard InChI is InChI=1S/C15H16BrClFNO/c1-3-12(19-4-2)13-5-6-14(20-13)15-10(16)7-9(18)8-11(15)17/h5-8,12,19H,3-4H2,1-2H3. The van der Waals surface area contributed by atoms with Crippen LogP contribution in [0, 0.1) is 5.82 Å². The average Bonchev–Trinajstić information content (AvgIpc) is 2.84. The van der Waals surface area contributed by atoms with Crippen LogP contribution in [0.25, 0.3) is 11.3 Å². The maximum atomic E-state index is 13.3. The molecule has 1 aromatic heterocycles. The summed E-state index contributed by atoms with van der Waals surface area (Å²) in [6.45, 7) is 5.02. The summed E-state index contributed by atoms with van der Waals surface area (Å²) >= 11 is 9.44. The van der Waals surface area contributed by atoms with Crippen molar-refractivity contribution in [3.63, 3.8) is 0 Å². The Morgan fingerprint density at radius 3 is 2.70 bits per heavy atom. The van der Waals surface area contributed by atoms with Crippen LogP contribution >= 0.6 is 27.5 Å². The lowest BCUT2D eigenvalue weighted by atomic mass is 10.1. The lowest BCUT2D eigenvalue weighted by Gasteiger charge is -2.12. The Morgan fingerprint density at radius 2 is 2.10 bits per heavy atom. The topological polar surface area (TPSA) is 25.2 Å². The maximum Gasteiger partial charge on any atom is 0.137 e. The quantitative estimate of drug-likeness (QED) is 0.755. The molecule has 0 radical (unpaired) electrons. The van der Waals surface area contributed by atoms with Crippen LogP contribution in [-0.2, 0) is 0 Å². The van der Waals surface area contributed by atoms with E-state index in [1.165, 1.54) is 12.1 Å². The molecule has 0 saturated heterocycles. The van der Waals surface area contributed by atoms with Crippen LogP contribution in [0.2, 0.25) is 5.02 Å². The molecule has 1 unspecified atom stereocenters. The molecule has 0 aliphatic heterocycles. The third-order valence-electron chi connectivity index (χ3n) is 3.08. The minimum absolute atomic E-state index is 0.173. The zero-order valence-electron chi connectivity index (χ0n) is 11.3. The first-order valence-corrected chi connectivity index (χ1v) is 7.71. The largest absolute Gasteiger partial charge is 0.459 e. The predicted molar refractivity (Wildman–Crippen MR) is 83.5 cm³/mol. The zero-order chi connectivity index (χ0) is 14.7. The molecule has 0 aliphatic rings. The molecule has 0 fully saturated rings. The molecule has 0 bridgehead atoms. The molecule has 0 amide bonds. The van der Waals surface area contributed by atoms with Gasteiger partial charge in [0.2, 0.25) is 0 Å². The van der Waals surface area contributed by atoms with E-state index in [4.69, 9.17) is 16.0 Å². The fraction of sp³-hybridized carbons (Fsp3) is 0.333. The number of furan rings is 1. The number of benzene rings is 1. The molecule has 2 aromatic rings. The van der Waals surface area contributed by atoms with Crippen molar-refractivity contribution >= 4 is 27.5 Å². The van der Waals surface area contributed by atoms with Gasteiger partial charge in [-0.2, -0.15) is 0 Å². The maximum absolute atomic E-state index is 13.3. The Hall–Kier alpha value is -0.840. The Morgan fingerprint density at radius 1 is 1.35 bits per heavy atom. The minimum atomic E-state index is -0.378. The van der Waals surface area contributed by atoms with E-state index in [2.05, 4.69) is 35.1 Å². The summed E-state index contributed by atoms with van der Waals surface area (Å²) in [6.07, 6.45) is 0.930. The van der Waals surface area contributed by atoms with Crippen molar-refractivity contribution in [2.45, 2.75) is 26.3 Å². The molecule has 0 saturated carbocycles. The molecule has 5 heteroatoms. The summed E-state index contributed by atoms with van der Waals surface area (Å²) in [5.74, 6) is 1.11. The summed E-state index contributed by atoms with van der Waals surface area (Å²) in [4.78, 5) is 0. The molecule has 1 N–H and O–H groups in total. The van der Waals surface area contributed by atoms with Crippen LogP contribution in [0.5, 0.6) is 0 Å². The Kier molecular flexibility index (Phi) is 5.24. The highest BCUT2D eigenvalue weighted by atomic mass is 79.9. The van der Waals surface area contributed by atoms with Crippen molar-refractivity contribution in [3.8, 4) is 11.3 Å². The van der Waals surface area contributed by atoms with Gasteiger partial charge in [-0.25, -0.2) is 4.39 Å². The van der Waals surface area contributed by atoms with E-state index in [0.717, 1.165) is 18.7 Å². The molecular weight excluding hydrogens is 345 g/mol. The molecule has 0 aliphatic carbocycles. The van der Waals surface area contributed by atoms with Gasteiger partial charge in [0.05, 0.1) is 16.6 Å². The van der Waals surface area contributed by atoms with Crippen molar-refractivity contribution in [1.82, 2.24) is 5.32 Å². The summed E-state index contributed by atoms with van der Waals surface area (Å²) < 4.78 is 19.7. The monoisotopic (exact) mass is 359 g/mol. The summed E-state index contributed by atoms with van der Waals surface area (Å²) in [7, 11) is 0. The van der Waals surface area contributed by atoms with Gasteiger partial charge in [-0.15, -0.1) is 0 Å². The first-order valence-electron chi connectivity index (χ1n) is 6.54. The summed E-state index contributed by atoms with van der Waals surface area (Å²) in [5, 5.41) is 3.68. The van der Waals surface area contributed by atoms with Gasteiger partial charge in [-0.3, -0.25) is 0 Å². The molecule has 20 heavy (non-hydrogen) atoms. The first kappa shape index (κ1) is 15.5. The SMILES string of the molecule is CCNC(CC)c1ccc(-c2c(Cl)cc(F)cc2Br)o1. The summed E-state index contributed by atoms with van der Waals surface area (Å²) in [6, 6.07) is 6.63. The Labute approximate surface area is 131 Å². The molecular formula is C15H16BrClFNO. The van der Waals surface area contributed by atoms with Gasteiger partial charge >= 0.3 is 0 Å². The van der Waals surface area contributed by atoms with Gasteiger partial charge in [0.15, 0.2) is 0 Å². The van der Waals surface area contributed by atoms with Crippen molar-refractivity contribution in [3.05, 3.63) is 45.3 Å². The second kappa shape index (κ2) is 6.74. The van der Waals surface area contributed by atoms with Crippen LogP contribution in [0.3, 0.4) is 0 Å². The second-order valence-corrected chi connectivity index (χ2v) is 5.73. The third kappa shape index (κ3) is 3.25. The molecule has 2 rings (SSSR count). The van der Waals surface area contributed by atoms with Gasteiger partial charge in [-0.1, -0.05) is 25.4 Å². The number of rotatable bonds is 5. The lowest BCUT2D eigenvalue weighted by Crippen LogP contribution is -2.19. The predicted octanol–water partition coefficient (Wildman–Crippen LogP) is 5.56. The first-order chi connectivity index (χ1) is 9.56. The highest BCUT2D eigenvalue weighted by molar-refractivity contribution is 9.10. The number of hydrogen-bond acceptors (Lipinski definition) is 2. The van der Waals surface area contributed by atoms with E-state index in [9.17, 15) is 4.39 Å². The number of halogens is 3. The van der Waals surface area contributed by atoms with E-state index in [1.54, 1.807) is 0 Å². The van der Waals surface area contributed by atoms with Crippen molar-refractivity contribution in [2.24, 2.45) is 0 Å². The van der Waals surface area contributed by atoms with Crippen molar-refractivity contribution in [2.75, 3.05) is 6.54 Å². The van der Waals surface area contributed by atoms with Crippen LogP contribution < -0.4 is 5.32 Å². The van der Waals surface area contributed by atoms with Gasteiger partial charge in [0.1, 0.15) is 17.3 Å². The zero-order valence-corrected chi connectivity index (χ0v) is 13.7. The number of nitrogens with one attached hydrogen (secondary N) is 1. The van der Waals surface area contributed by atoms with Gasteiger partial charge in [-0.05, 0) is 53.2 Å². The molecule has 2 nitrogen and oxygen atoms in total. The Bertz CT molecular complexity index is 576. The third-order valence-corrected chi connectivity index (χ3v) is 4.01. The number of hydrogen-bond donors (Lipinski definition) is 1. The van der Waals surface area contributed by atoms with Gasteiger partial charge in [0, 0.05) is 4.47 Å². The fourth-order valence-electron chi connectivity index (χ4n) is 2.14. The summed E-state index contributed by atoms with van der Waals surface area (Å²) in [5.41, 5.74) is 0.672. The van der Waals surface area contributed by atoms with E-state index >= 15 is 0 Å². The van der Waals surface area contributed by atoms with Crippen LogP contribution in [0.1, 0.15) is 32.1 Å². The van der Waals surface area contributed by atoms with E-state index in [-0.39, 0.29) is 11.9 Å². The fourth-order valence-corrected chi connectivity index (χ4v) is 3.19. The van der Waals surface area contributed by atoms with Crippen LogP contribution in [-0.4, -0.2) is 6.54 Å². The lowest BCUT2D eigenvalue weighted by molar-refractivity contribution is 0.417. The molecule has 108 valence electrons. The highest BCUT2D eigenvalue weighted by Gasteiger charge is 2.17. The van der Waals surface area contributed by atoms with E-state index in [0.29, 0.717) is 20.8 Å². The van der Waals surface area contributed by atoms with Crippen LogP contribution in [0.4, 0.5) is 4.39 Å². The van der Waals surface area contributed by atoms with E-state index in [1.807, 2.05) is 12.1 Å². The normalized spacial score (nSPS) is 12.7. The van der Waals surface area contributed by atoms with Crippen molar-refractivity contribution in [1.29, 1.82) is 0 Å². The Balaban J connectivity index is 2.38. The molecule has 1 heterocycles. The second-order valence-electron chi connectivity index (χ2n) is 4.46. The smallest absolute Gasteiger partial charge is 0.137 e. The van der Waals surface area contributed by atoms with Gasteiger partial charge < -0.3 is 9.73 Å². The molecule has 0 spiro atoms. The van der Waals surface area contributed by atoms with Crippen molar-refractivity contribution < 1.29 is 8.81 Å². The highest BCUT2D eigenvalue weighted by Crippen LogP contribution is 2.37. The average molecular weight is 361 g/mol. The van der Waals surface area contributed by atoms with Crippen LogP contribution in [0.15, 0.2) is 33.2 Å². The van der Waals surface area contributed by atoms with E-state index < -0.39 is 0 Å².